The van der Waals surface area contributed by atoms with Crippen LogP contribution in [-0.2, 0) is 19.7 Å². The van der Waals surface area contributed by atoms with E-state index in [9.17, 15) is 16.8 Å². The lowest BCUT2D eigenvalue weighted by Crippen LogP contribution is -2.15. The summed E-state index contributed by atoms with van der Waals surface area (Å²) in [5.74, 6) is 0. The summed E-state index contributed by atoms with van der Waals surface area (Å²) in [6.45, 7) is 6.93. The Bertz CT molecular complexity index is 1240. The molecule has 2 aromatic carbocycles. The van der Waals surface area contributed by atoms with Gasteiger partial charge < -0.3 is 0 Å². The molecule has 0 atom stereocenters. The third-order valence-corrected chi connectivity index (χ3v) is 8.21. The standard InChI is InChI=1S/C21H21NO4S2/c1-14-5-9-18(10-6-14)27(23,24)20-16(3)13-17(4)22-21(20)28(25,26)19-11-7-15(2)8-12-19/h5-13H,1-4H3. The maximum Gasteiger partial charge on any atom is 0.225 e. The van der Waals surface area contributed by atoms with E-state index in [0.29, 0.717) is 11.3 Å². The molecule has 0 N–H and O–H groups in total. The van der Waals surface area contributed by atoms with Crippen LogP contribution in [0, 0.1) is 27.7 Å². The third kappa shape index (κ3) is 3.59. The van der Waals surface area contributed by atoms with E-state index in [2.05, 4.69) is 4.98 Å². The smallest absolute Gasteiger partial charge is 0.225 e. The number of aromatic nitrogens is 1. The molecule has 3 rings (SSSR count). The molecule has 1 heterocycles. The quantitative estimate of drug-likeness (QED) is 0.644. The van der Waals surface area contributed by atoms with Crippen molar-refractivity contribution in [1.82, 2.24) is 4.98 Å². The van der Waals surface area contributed by atoms with Crippen molar-refractivity contribution in [3.63, 3.8) is 0 Å². The molecule has 0 saturated heterocycles. The summed E-state index contributed by atoms with van der Waals surface area (Å²) < 4.78 is 53.2. The zero-order chi connectivity index (χ0) is 20.7. The minimum Gasteiger partial charge on any atom is -0.240 e. The fourth-order valence-corrected chi connectivity index (χ4v) is 6.50. The van der Waals surface area contributed by atoms with Crippen molar-refractivity contribution in [2.45, 2.75) is 47.4 Å². The molecule has 0 aliphatic heterocycles. The molecular formula is C21H21NO4S2. The van der Waals surface area contributed by atoms with Gasteiger partial charge in [0.15, 0.2) is 5.03 Å². The molecule has 146 valence electrons. The Kier molecular flexibility index (Phi) is 5.16. The van der Waals surface area contributed by atoms with Crippen molar-refractivity contribution in [2.24, 2.45) is 0 Å². The third-order valence-electron chi connectivity index (χ3n) is 4.44. The van der Waals surface area contributed by atoms with E-state index in [0.717, 1.165) is 11.1 Å². The second-order valence-electron chi connectivity index (χ2n) is 6.85. The summed E-state index contributed by atoms with van der Waals surface area (Å²) in [4.78, 5) is 3.92. The lowest BCUT2D eigenvalue weighted by molar-refractivity contribution is 0.576. The number of rotatable bonds is 4. The number of hydrogen-bond acceptors (Lipinski definition) is 5. The van der Waals surface area contributed by atoms with Gasteiger partial charge >= 0.3 is 0 Å². The second kappa shape index (κ2) is 7.14. The van der Waals surface area contributed by atoms with Crippen LogP contribution in [0.25, 0.3) is 0 Å². The maximum absolute atomic E-state index is 13.3. The van der Waals surface area contributed by atoms with Gasteiger partial charge in [-0.05, 0) is 63.6 Å². The Balaban J connectivity index is 2.32. The van der Waals surface area contributed by atoms with E-state index in [-0.39, 0.29) is 14.7 Å². The van der Waals surface area contributed by atoms with Crippen LogP contribution in [0.2, 0.25) is 0 Å². The first-order valence-electron chi connectivity index (χ1n) is 8.65. The monoisotopic (exact) mass is 415 g/mol. The zero-order valence-corrected chi connectivity index (χ0v) is 17.7. The molecule has 5 nitrogen and oxygen atoms in total. The minimum atomic E-state index is -4.12. The van der Waals surface area contributed by atoms with Crippen molar-refractivity contribution in [2.75, 3.05) is 0 Å². The van der Waals surface area contributed by atoms with Gasteiger partial charge in [0.25, 0.3) is 0 Å². The molecule has 0 saturated carbocycles. The van der Waals surface area contributed by atoms with Crippen LogP contribution in [0.3, 0.4) is 0 Å². The summed E-state index contributed by atoms with van der Waals surface area (Å²) in [6.07, 6.45) is 0. The molecule has 0 unspecified atom stereocenters. The summed E-state index contributed by atoms with van der Waals surface area (Å²) in [7, 11) is -8.20. The van der Waals surface area contributed by atoms with Crippen molar-refractivity contribution in [3.8, 4) is 0 Å². The number of benzene rings is 2. The molecule has 0 aliphatic carbocycles. The molecule has 1 aromatic heterocycles. The number of aryl methyl sites for hydroxylation is 4. The lowest BCUT2D eigenvalue weighted by Gasteiger charge is -2.14. The van der Waals surface area contributed by atoms with Crippen LogP contribution in [-0.4, -0.2) is 21.8 Å². The van der Waals surface area contributed by atoms with E-state index in [1.807, 2.05) is 13.8 Å². The largest absolute Gasteiger partial charge is 0.240 e. The Morgan fingerprint density at radius 3 is 1.54 bits per heavy atom. The van der Waals surface area contributed by atoms with Crippen LogP contribution >= 0.6 is 0 Å². The number of nitrogens with zero attached hydrogens (tertiary/aromatic N) is 1. The summed E-state index contributed by atoms with van der Waals surface area (Å²) in [5, 5.41) is -0.436. The highest BCUT2D eigenvalue weighted by Gasteiger charge is 2.32. The summed E-state index contributed by atoms with van der Waals surface area (Å²) in [5.41, 5.74) is 2.59. The van der Waals surface area contributed by atoms with Crippen LogP contribution in [0.4, 0.5) is 0 Å². The maximum atomic E-state index is 13.3. The number of hydrogen-bond donors (Lipinski definition) is 0. The fourth-order valence-electron chi connectivity index (χ4n) is 2.96. The van der Waals surface area contributed by atoms with Gasteiger partial charge in [0.05, 0.1) is 9.79 Å². The van der Waals surface area contributed by atoms with Crippen LogP contribution in [0.5, 0.6) is 0 Å². The first kappa shape index (κ1) is 20.2. The van der Waals surface area contributed by atoms with E-state index in [4.69, 9.17) is 0 Å². The molecule has 0 amide bonds. The highest BCUT2D eigenvalue weighted by atomic mass is 32.2. The number of pyridine rings is 1. The molecule has 0 bridgehead atoms. The molecule has 3 aromatic rings. The van der Waals surface area contributed by atoms with Crippen molar-refractivity contribution >= 4 is 19.7 Å². The topological polar surface area (TPSA) is 81.2 Å². The van der Waals surface area contributed by atoms with E-state index in [1.165, 1.54) is 24.3 Å². The van der Waals surface area contributed by atoms with Crippen molar-refractivity contribution < 1.29 is 16.8 Å². The lowest BCUT2D eigenvalue weighted by atomic mass is 10.2. The van der Waals surface area contributed by atoms with Crippen LogP contribution in [0.15, 0.2) is 74.3 Å². The zero-order valence-electron chi connectivity index (χ0n) is 16.1. The van der Waals surface area contributed by atoms with E-state index in [1.54, 1.807) is 44.2 Å². The summed E-state index contributed by atoms with van der Waals surface area (Å²) in [6, 6.07) is 14.2. The Labute approximate surface area is 165 Å². The summed E-state index contributed by atoms with van der Waals surface area (Å²) >= 11 is 0. The highest BCUT2D eigenvalue weighted by molar-refractivity contribution is 7.94. The van der Waals surface area contributed by atoms with Crippen LogP contribution < -0.4 is 0 Å². The molecule has 0 aliphatic rings. The highest BCUT2D eigenvalue weighted by Crippen LogP contribution is 2.32. The van der Waals surface area contributed by atoms with E-state index >= 15 is 0 Å². The van der Waals surface area contributed by atoms with Gasteiger partial charge in [-0.1, -0.05) is 35.4 Å². The SMILES string of the molecule is Cc1ccc(S(=O)(=O)c2nc(C)cc(C)c2S(=O)(=O)c2ccc(C)cc2)cc1. The number of sulfone groups is 2. The Morgan fingerprint density at radius 2 is 1.07 bits per heavy atom. The molecular weight excluding hydrogens is 394 g/mol. The van der Waals surface area contributed by atoms with E-state index < -0.39 is 24.7 Å². The van der Waals surface area contributed by atoms with Gasteiger partial charge in [0, 0.05) is 5.69 Å². The molecule has 0 radical (unpaired) electrons. The molecule has 0 spiro atoms. The van der Waals surface area contributed by atoms with Gasteiger partial charge in [0.2, 0.25) is 19.7 Å². The first-order valence-corrected chi connectivity index (χ1v) is 11.6. The first-order chi connectivity index (χ1) is 13.0. The van der Waals surface area contributed by atoms with Gasteiger partial charge in [0.1, 0.15) is 4.90 Å². The fraction of sp³-hybridized carbons (Fsp3) is 0.190. The van der Waals surface area contributed by atoms with Crippen molar-refractivity contribution in [3.05, 3.63) is 77.0 Å². The molecule has 28 heavy (non-hydrogen) atoms. The van der Waals surface area contributed by atoms with Crippen LogP contribution in [0.1, 0.15) is 22.4 Å². The minimum absolute atomic E-state index is 0.0101. The van der Waals surface area contributed by atoms with Gasteiger partial charge in [-0.25, -0.2) is 21.8 Å². The Hall–Kier alpha value is -2.51. The van der Waals surface area contributed by atoms with Gasteiger partial charge in [-0.15, -0.1) is 0 Å². The Morgan fingerprint density at radius 1 is 0.643 bits per heavy atom. The van der Waals surface area contributed by atoms with Crippen molar-refractivity contribution in [1.29, 1.82) is 0 Å². The second-order valence-corrected chi connectivity index (χ2v) is 10.6. The average Bonchev–Trinajstić information content (AvgIpc) is 2.61. The average molecular weight is 416 g/mol. The molecule has 7 heteroatoms. The van der Waals surface area contributed by atoms with Gasteiger partial charge in [-0.3, -0.25) is 0 Å². The molecule has 0 fully saturated rings. The predicted molar refractivity (Wildman–Crippen MR) is 107 cm³/mol. The predicted octanol–water partition coefficient (Wildman–Crippen LogP) is 3.98. The van der Waals surface area contributed by atoms with Gasteiger partial charge in [-0.2, -0.15) is 0 Å². The normalized spacial score (nSPS) is 12.1.